The second-order valence-corrected chi connectivity index (χ2v) is 14.1. The van der Waals surface area contributed by atoms with Gasteiger partial charge in [0.1, 0.15) is 17.7 Å². The average Bonchev–Trinajstić information content (AvgIpc) is 3.15. The molecule has 3 aromatic carbocycles. The highest BCUT2D eigenvalue weighted by Crippen LogP contribution is 2.32. The lowest BCUT2D eigenvalue weighted by Gasteiger charge is -2.34. The zero-order chi connectivity index (χ0) is 40.2. The molecule has 0 saturated heterocycles. The summed E-state index contributed by atoms with van der Waals surface area (Å²) in [5.41, 5.74) is 1.66. The van der Waals surface area contributed by atoms with Crippen LogP contribution < -0.4 is 16.0 Å². The first-order valence-corrected chi connectivity index (χ1v) is 18.3. The van der Waals surface area contributed by atoms with Crippen molar-refractivity contribution in [3.05, 3.63) is 95.6 Å². The van der Waals surface area contributed by atoms with Gasteiger partial charge in [-0.05, 0) is 72.9 Å². The van der Waals surface area contributed by atoms with Gasteiger partial charge in [-0.15, -0.1) is 0 Å². The Balaban J connectivity index is 1.49. The normalized spacial score (nSPS) is 19.0. The van der Waals surface area contributed by atoms with Crippen LogP contribution in [0.2, 0.25) is 0 Å². The molecule has 1 saturated carbocycles. The molecule has 1 fully saturated rings. The third-order valence-electron chi connectivity index (χ3n) is 9.63. The summed E-state index contributed by atoms with van der Waals surface area (Å²) in [4.78, 5) is 65.5. The van der Waals surface area contributed by atoms with Crippen molar-refractivity contribution < 1.29 is 52.4 Å². The average molecular weight is 766 g/mol. The lowest BCUT2D eigenvalue weighted by atomic mass is 9.78. The molecule has 0 spiro atoms. The summed E-state index contributed by atoms with van der Waals surface area (Å²) in [6, 6.07) is 15.4. The summed E-state index contributed by atoms with van der Waals surface area (Å²) < 4.78 is 38.4. The highest BCUT2D eigenvalue weighted by Gasteiger charge is 2.39. The molecular weight excluding hydrogens is 716 g/mol. The minimum Gasteiger partial charge on any atom is -0.469 e. The van der Waals surface area contributed by atoms with Crippen LogP contribution in [-0.2, 0) is 39.9 Å². The van der Waals surface area contributed by atoms with Gasteiger partial charge in [-0.2, -0.15) is 0 Å². The van der Waals surface area contributed by atoms with Gasteiger partial charge in [0, 0.05) is 12.1 Å². The Morgan fingerprint density at radius 2 is 1.44 bits per heavy atom. The van der Waals surface area contributed by atoms with Crippen molar-refractivity contribution in [3.63, 3.8) is 0 Å². The summed E-state index contributed by atoms with van der Waals surface area (Å²) in [5, 5.41) is 30.6. The number of carbonyl (C=O) groups excluding carboxylic acids is 5. The van der Waals surface area contributed by atoms with Crippen molar-refractivity contribution in [2.24, 2.45) is 17.8 Å². The lowest BCUT2D eigenvalue weighted by Crippen LogP contribution is -2.55. The number of amides is 3. The van der Waals surface area contributed by atoms with E-state index in [1.54, 1.807) is 57.2 Å². The standard InChI is InChI=1S/C41H49F2N3O9/c1-5-55-41(53)27-18-26(40(52)54-4)19-30(20-27)44-38(50)36(23(2)3)46-35(48)22-34(47)33(17-24-15-28(42)21-29(43)16-24)45-39(51)37(49)32-14-10-9-13-31(32)25-11-7-6-8-12-25/h6-16,21,23,26-27,30,33-34,36-37,47,49H,5,17-20,22H2,1-4H3,(H,44,50)(H,45,51)(H,46,48)/t26?,27?,30?,33-,34-,36-,37?/m0/s1. The maximum Gasteiger partial charge on any atom is 0.309 e. The molecule has 1 aliphatic rings. The Morgan fingerprint density at radius 3 is 2.05 bits per heavy atom. The van der Waals surface area contributed by atoms with Gasteiger partial charge in [-0.1, -0.05) is 68.4 Å². The third-order valence-corrected chi connectivity index (χ3v) is 9.63. The van der Waals surface area contributed by atoms with E-state index in [0.717, 1.165) is 17.7 Å². The van der Waals surface area contributed by atoms with E-state index in [2.05, 4.69) is 16.0 Å². The molecule has 296 valence electrons. The molecule has 0 radical (unpaired) electrons. The van der Waals surface area contributed by atoms with Gasteiger partial charge >= 0.3 is 11.9 Å². The van der Waals surface area contributed by atoms with E-state index in [9.17, 15) is 43.0 Å². The Bertz CT molecular complexity index is 1790. The molecule has 4 rings (SSSR count). The minimum absolute atomic E-state index is 0.0692. The van der Waals surface area contributed by atoms with Gasteiger partial charge in [0.25, 0.3) is 5.91 Å². The van der Waals surface area contributed by atoms with E-state index >= 15 is 0 Å². The predicted molar refractivity (Wildman–Crippen MR) is 198 cm³/mol. The number of aliphatic hydroxyl groups excluding tert-OH is 2. The number of hydrogen-bond donors (Lipinski definition) is 5. The monoisotopic (exact) mass is 765 g/mol. The second-order valence-electron chi connectivity index (χ2n) is 14.1. The molecule has 4 unspecified atom stereocenters. The summed E-state index contributed by atoms with van der Waals surface area (Å²) >= 11 is 0. The molecule has 14 heteroatoms. The van der Waals surface area contributed by atoms with Crippen molar-refractivity contribution >= 4 is 29.7 Å². The molecule has 0 heterocycles. The molecule has 3 aromatic rings. The van der Waals surface area contributed by atoms with Crippen LogP contribution in [0.25, 0.3) is 11.1 Å². The minimum atomic E-state index is -1.72. The van der Waals surface area contributed by atoms with Gasteiger partial charge in [-0.25, -0.2) is 8.78 Å². The zero-order valence-corrected chi connectivity index (χ0v) is 31.3. The van der Waals surface area contributed by atoms with E-state index in [4.69, 9.17) is 9.47 Å². The lowest BCUT2D eigenvalue weighted by molar-refractivity contribution is -0.154. The number of nitrogens with one attached hydrogen (secondary N) is 3. The first-order chi connectivity index (χ1) is 26.2. The fraction of sp³-hybridized carbons (Fsp3) is 0.439. The second kappa shape index (κ2) is 19.9. The SMILES string of the molecule is CCOC(=O)C1CC(NC(=O)[C@@H](NC(=O)C[C@H](O)[C@H](Cc2cc(F)cc(F)c2)NC(=O)C(O)c2ccccc2-c2ccccc2)C(C)C)CC(C(=O)OC)C1. The van der Waals surface area contributed by atoms with Crippen LogP contribution in [0.1, 0.15) is 63.7 Å². The quantitative estimate of drug-likeness (QED) is 0.135. The van der Waals surface area contributed by atoms with Crippen molar-refractivity contribution in [3.8, 4) is 11.1 Å². The fourth-order valence-corrected chi connectivity index (χ4v) is 6.92. The Morgan fingerprint density at radius 1 is 0.818 bits per heavy atom. The smallest absolute Gasteiger partial charge is 0.309 e. The fourth-order valence-electron chi connectivity index (χ4n) is 6.92. The number of hydrogen-bond acceptors (Lipinski definition) is 9. The van der Waals surface area contributed by atoms with Crippen LogP contribution in [0.5, 0.6) is 0 Å². The van der Waals surface area contributed by atoms with E-state index < -0.39 is 95.8 Å². The van der Waals surface area contributed by atoms with Gasteiger partial charge in [0.05, 0.1) is 44.1 Å². The third kappa shape index (κ3) is 11.9. The Labute approximate surface area is 319 Å². The highest BCUT2D eigenvalue weighted by atomic mass is 19.1. The molecule has 1 aliphatic carbocycles. The van der Waals surface area contributed by atoms with Crippen LogP contribution >= 0.6 is 0 Å². The van der Waals surface area contributed by atoms with Crippen LogP contribution in [0, 0.1) is 29.4 Å². The number of aliphatic hydroxyl groups is 2. The zero-order valence-electron chi connectivity index (χ0n) is 31.3. The predicted octanol–water partition coefficient (Wildman–Crippen LogP) is 3.92. The van der Waals surface area contributed by atoms with Crippen LogP contribution in [0.4, 0.5) is 8.78 Å². The first-order valence-electron chi connectivity index (χ1n) is 18.3. The number of rotatable bonds is 16. The van der Waals surface area contributed by atoms with Crippen LogP contribution in [0.15, 0.2) is 72.8 Å². The summed E-state index contributed by atoms with van der Waals surface area (Å²) in [5.74, 6) is -6.86. The van der Waals surface area contributed by atoms with E-state index in [0.29, 0.717) is 11.6 Å². The molecule has 3 amide bonds. The highest BCUT2D eigenvalue weighted by molar-refractivity contribution is 5.89. The number of methoxy groups -OCH3 is 1. The van der Waals surface area contributed by atoms with Crippen molar-refractivity contribution in [2.75, 3.05) is 13.7 Å². The molecule has 5 N–H and O–H groups in total. The Kier molecular flexibility index (Phi) is 15.4. The number of carbonyl (C=O) groups is 5. The largest absolute Gasteiger partial charge is 0.469 e. The molecule has 0 aromatic heterocycles. The van der Waals surface area contributed by atoms with E-state index in [-0.39, 0.29) is 43.4 Å². The topological polar surface area (TPSA) is 180 Å². The van der Waals surface area contributed by atoms with Gasteiger partial charge < -0.3 is 35.6 Å². The molecular formula is C41H49F2N3O9. The summed E-state index contributed by atoms with van der Waals surface area (Å²) in [7, 11) is 1.24. The van der Waals surface area contributed by atoms with Gasteiger partial charge in [-0.3, -0.25) is 24.0 Å². The van der Waals surface area contributed by atoms with Crippen LogP contribution in [-0.4, -0.2) is 77.8 Å². The van der Waals surface area contributed by atoms with Crippen molar-refractivity contribution in [1.82, 2.24) is 16.0 Å². The van der Waals surface area contributed by atoms with Gasteiger partial charge in [0.15, 0.2) is 6.10 Å². The summed E-state index contributed by atoms with van der Waals surface area (Å²) in [6.07, 6.45) is -3.71. The molecule has 12 nitrogen and oxygen atoms in total. The van der Waals surface area contributed by atoms with E-state index in [1.165, 1.54) is 7.11 Å². The van der Waals surface area contributed by atoms with Crippen molar-refractivity contribution in [2.45, 2.75) is 83.2 Å². The Hall–Kier alpha value is -5.21. The molecule has 0 aliphatic heterocycles. The number of halogens is 2. The molecule has 55 heavy (non-hydrogen) atoms. The number of esters is 2. The maximum absolute atomic E-state index is 14.2. The van der Waals surface area contributed by atoms with E-state index in [1.807, 2.05) is 18.2 Å². The van der Waals surface area contributed by atoms with Gasteiger partial charge in [0.2, 0.25) is 11.8 Å². The maximum atomic E-state index is 14.2. The number of ether oxygens (including phenoxy) is 2. The summed E-state index contributed by atoms with van der Waals surface area (Å²) in [6.45, 7) is 5.19. The van der Waals surface area contributed by atoms with Crippen molar-refractivity contribution in [1.29, 1.82) is 0 Å². The first kappa shape index (κ1) is 42.5. The molecule has 7 atom stereocenters. The van der Waals surface area contributed by atoms with Crippen LogP contribution in [0.3, 0.4) is 0 Å². The number of benzene rings is 3. The molecule has 0 bridgehead atoms.